The Hall–Kier alpha value is -0.870. The largest absolute Gasteiger partial charge is 0.452 e. The summed E-state index contributed by atoms with van der Waals surface area (Å²) in [7, 11) is 0. The second-order valence-corrected chi connectivity index (χ2v) is 4.31. The molecule has 0 aromatic carbocycles. The number of unbranched alkanes of at least 4 members (excludes halogenated alkanes) is 2. The summed E-state index contributed by atoms with van der Waals surface area (Å²) >= 11 is 0. The summed E-state index contributed by atoms with van der Waals surface area (Å²) in [6.07, 6.45) is 5.88. The molecule has 0 saturated heterocycles. The van der Waals surface area contributed by atoms with Crippen LogP contribution in [0, 0.1) is 0 Å². The summed E-state index contributed by atoms with van der Waals surface area (Å²) in [5.74, 6) is -0.377. The molecule has 1 rings (SSSR count). The number of rotatable bonds is 7. The molecule has 92 valence electrons. The quantitative estimate of drug-likeness (QED) is 0.507. The van der Waals surface area contributed by atoms with Crippen molar-refractivity contribution >= 4 is 5.97 Å². The molecular weight excluding hydrogens is 208 g/mol. The van der Waals surface area contributed by atoms with Crippen LogP contribution >= 0.6 is 0 Å². The fourth-order valence-corrected chi connectivity index (χ4v) is 1.73. The van der Waals surface area contributed by atoms with Crippen molar-refractivity contribution in [3.05, 3.63) is 12.2 Å². The number of ether oxygens (including phenoxy) is 1. The van der Waals surface area contributed by atoms with E-state index in [4.69, 9.17) is 9.84 Å². The molecule has 0 unspecified atom stereocenters. The first kappa shape index (κ1) is 13.2. The van der Waals surface area contributed by atoms with E-state index in [9.17, 15) is 9.90 Å². The van der Waals surface area contributed by atoms with Crippen LogP contribution in [0.25, 0.3) is 0 Å². The predicted molar refractivity (Wildman–Crippen MR) is 59.8 cm³/mol. The molecule has 1 heterocycles. The molecule has 0 saturated carbocycles. The van der Waals surface area contributed by atoms with E-state index in [1.54, 1.807) is 13.0 Å². The minimum Gasteiger partial charge on any atom is -0.452 e. The highest BCUT2D eigenvalue weighted by atomic mass is 16.6. The zero-order chi connectivity index (χ0) is 12.0. The third-order valence-electron chi connectivity index (χ3n) is 2.68. The first-order valence-corrected chi connectivity index (χ1v) is 5.84. The lowest BCUT2D eigenvalue weighted by Crippen LogP contribution is -2.25. The first-order valence-electron chi connectivity index (χ1n) is 5.84. The van der Waals surface area contributed by atoms with Gasteiger partial charge in [-0.15, -0.1) is 0 Å². The maximum absolute atomic E-state index is 10.8. The van der Waals surface area contributed by atoms with Crippen molar-refractivity contribution in [3.63, 3.8) is 0 Å². The van der Waals surface area contributed by atoms with Gasteiger partial charge in [0.15, 0.2) is 0 Å². The van der Waals surface area contributed by atoms with E-state index in [-0.39, 0.29) is 12.1 Å². The van der Waals surface area contributed by atoms with Crippen LogP contribution in [0.3, 0.4) is 0 Å². The van der Waals surface area contributed by atoms with Gasteiger partial charge < -0.3 is 14.9 Å². The van der Waals surface area contributed by atoms with E-state index in [0.717, 1.165) is 25.7 Å². The normalized spacial score (nSPS) is 23.2. The molecule has 0 aliphatic carbocycles. The summed E-state index contributed by atoms with van der Waals surface area (Å²) in [4.78, 5) is 10.8. The van der Waals surface area contributed by atoms with Gasteiger partial charge in [0, 0.05) is 6.08 Å². The van der Waals surface area contributed by atoms with Crippen molar-refractivity contribution < 1.29 is 19.7 Å². The molecule has 3 atom stereocenters. The third-order valence-corrected chi connectivity index (χ3v) is 2.68. The number of hydrogen-bond acceptors (Lipinski definition) is 4. The van der Waals surface area contributed by atoms with Crippen molar-refractivity contribution in [2.24, 2.45) is 0 Å². The number of carbonyl (C=O) groups excluding carboxylic acids is 1. The Morgan fingerprint density at radius 1 is 1.31 bits per heavy atom. The van der Waals surface area contributed by atoms with Crippen LogP contribution in [0.5, 0.6) is 0 Å². The van der Waals surface area contributed by atoms with Crippen LogP contribution in [0.15, 0.2) is 12.2 Å². The highest BCUT2D eigenvalue weighted by Crippen LogP contribution is 2.15. The Kier molecular flexibility index (Phi) is 5.49. The van der Waals surface area contributed by atoms with Crippen LogP contribution in [-0.2, 0) is 9.53 Å². The van der Waals surface area contributed by atoms with Crippen LogP contribution in [0.1, 0.15) is 39.0 Å². The number of esters is 1. The molecule has 0 fully saturated rings. The average molecular weight is 228 g/mol. The molecule has 0 spiro atoms. The lowest BCUT2D eigenvalue weighted by Gasteiger charge is -2.15. The van der Waals surface area contributed by atoms with Gasteiger partial charge in [-0.3, -0.25) is 0 Å². The maximum atomic E-state index is 10.8. The van der Waals surface area contributed by atoms with E-state index in [2.05, 4.69) is 0 Å². The number of carbonyl (C=O) groups is 1. The van der Waals surface area contributed by atoms with Gasteiger partial charge in [0.05, 0.1) is 12.2 Å². The van der Waals surface area contributed by atoms with Crippen molar-refractivity contribution in [2.45, 2.75) is 57.3 Å². The fourth-order valence-electron chi connectivity index (χ4n) is 1.73. The number of aliphatic hydroxyl groups excluding tert-OH is 2. The first-order chi connectivity index (χ1) is 7.59. The third kappa shape index (κ3) is 4.77. The second-order valence-electron chi connectivity index (χ2n) is 4.31. The molecule has 0 bridgehead atoms. The van der Waals surface area contributed by atoms with Gasteiger partial charge in [-0.25, -0.2) is 4.79 Å². The highest BCUT2D eigenvalue weighted by Gasteiger charge is 2.23. The summed E-state index contributed by atoms with van der Waals surface area (Å²) < 4.78 is 4.88. The number of hydrogen-bond donors (Lipinski definition) is 2. The average Bonchev–Trinajstić information content (AvgIpc) is 2.63. The maximum Gasteiger partial charge on any atom is 0.331 e. The van der Waals surface area contributed by atoms with Crippen LogP contribution in [0.4, 0.5) is 0 Å². The van der Waals surface area contributed by atoms with Gasteiger partial charge in [0.25, 0.3) is 0 Å². The fraction of sp³-hybridized carbons (Fsp3) is 0.750. The molecule has 4 heteroatoms. The number of cyclic esters (lactones) is 1. The summed E-state index contributed by atoms with van der Waals surface area (Å²) in [6, 6.07) is 0. The molecular formula is C12H20O4. The minimum atomic E-state index is -0.603. The zero-order valence-corrected chi connectivity index (χ0v) is 9.63. The Morgan fingerprint density at radius 2 is 2.00 bits per heavy atom. The van der Waals surface area contributed by atoms with Gasteiger partial charge in [-0.05, 0) is 25.8 Å². The van der Waals surface area contributed by atoms with Crippen LogP contribution < -0.4 is 0 Å². The Morgan fingerprint density at radius 3 is 2.56 bits per heavy atom. The molecule has 1 aliphatic heterocycles. The summed E-state index contributed by atoms with van der Waals surface area (Å²) in [5.41, 5.74) is 0. The van der Waals surface area contributed by atoms with E-state index >= 15 is 0 Å². The molecule has 0 aromatic heterocycles. The van der Waals surface area contributed by atoms with Gasteiger partial charge in [0.2, 0.25) is 0 Å². The predicted octanol–water partition coefficient (Wildman–Crippen LogP) is 1.16. The van der Waals surface area contributed by atoms with Crippen molar-refractivity contribution in [1.29, 1.82) is 0 Å². The SMILES string of the molecule is C[C@@H](O)CCCCC[C@@H](O)[C@@H]1C=CC(=O)O1. The molecule has 0 aromatic rings. The van der Waals surface area contributed by atoms with Gasteiger partial charge >= 0.3 is 5.97 Å². The van der Waals surface area contributed by atoms with Gasteiger partial charge in [0.1, 0.15) is 6.10 Å². The van der Waals surface area contributed by atoms with Gasteiger partial charge in [-0.2, -0.15) is 0 Å². The van der Waals surface area contributed by atoms with Crippen molar-refractivity contribution in [2.75, 3.05) is 0 Å². The Balaban J connectivity index is 2.04. The molecule has 2 N–H and O–H groups in total. The molecule has 4 nitrogen and oxygen atoms in total. The van der Waals surface area contributed by atoms with E-state index < -0.39 is 12.2 Å². The lowest BCUT2D eigenvalue weighted by molar-refractivity contribution is -0.142. The van der Waals surface area contributed by atoms with E-state index in [1.165, 1.54) is 6.08 Å². The highest BCUT2D eigenvalue weighted by molar-refractivity contribution is 5.84. The molecule has 0 amide bonds. The van der Waals surface area contributed by atoms with Gasteiger partial charge in [-0.1, -0.05) is 19.3 Å². The Bertz CT molecular complexity index is 247. The van der Waals surface area contributed by atoms with Crippen LogP contribution in [-0.4, -0.2) is 34.5 Å². The van der Waals surface area contributed by atoms with Crippen molar-refractivity contribution in [3.8, 4) is 0 Å². The number of aliphatic hydroxyl groups is 2. The molecule has 1 aliphatic rings. The van der Waals surface area contributed by atoms with Crippen LogP contribution in [0.2, 0.25) is 0 Å². The second kappa shape index (κ2) is 6.66. The Labute approximate surface area is 95.9 Å². The van der Waals surface area contributed by atoms with Crippen molar-refractivity contribution in [1.82, 2.24) is 0 Å². The summed E-state index contributed by atoms with van der Waals surface area (Å²) in [5, 5.41) is 18.7. The lowest BCUT2D eigenvalue weighted by atomic mass is 10.0. The standard InChI is InChI=1S/C12H20O4/c1-9(13)5-3-2-4-6-10(14)11-7-8-12(15)16-11/h7-11,13-14H,2-6H2,1H3/t9-,10-,11+/m1/s1. The monoisotopic (exact) mass is 228 g/mol. The minimum absolute atomic E-state index is 0.247. The smallest absolute Gasteiger partial charge is 0.331 e. The zero-order valence-electron chi connectivity index (χ0n) is 9.63. The topological polar surface area (TPSA) is 66.8 Å². The molecule has 16 heavy (non-hydrogen) atoms. The summed E-state index contributed by atoms with van der Waals surface area (Å²) in [6.45, 7) is 1.78. The van der Waals surface area contributed by atoms with E-state index in [1.807, 2.05) is 0 Å². The molecule has 0 radical (unpaired) electrons. The van der Waals surface area contributed by atoms with E-state index in [0.29, 0.717) is 6.42 Å².